The van der Waals surface area contributed by atoms with Gasteiger partial charge in [0, 0.05) is 19.7 Å². The van der Waals surface area contributed by atoms with Crippen LogP contribution in [-0.4, -0.2) is 30.8 Å². The molecule has 0 aliphatic heterocycles. The Labute approximate surface area is 98.8 Å². The number of urea groups is 1. The molecular formula is C12H26N2O2. The van der Waals surface area contributed by atoms with Crippen molar-refractivity contribution < 1.29 is 9.90 Å². The predicted octanol–water partition coefficient (Wildman–Crippen LogP) is 1.74. The molecule has 0 aromatic heterocycles. The molecule has 0 radical (unpaired) electrons. The lowest BCUT2D eigenvalue weighted by Gasteiger charge is -2.12. The summed E-state index contributed by atoms with van der Waals surface area (Å²) in [6.07, 6.45) is 2.89. The summed E-state index contributed by atoms with van der Waals surface area (Å²) in [5, 5.41) is 14.3. The molecule has 0 saturated heterocycles. The number of rotatable bonds is 8. The van der Waals surface area contributed by atoms with Crippen molar-refractivity contribution in [2.24, 2.45) is 11.8 Å². The second-order valence-electron chi connectivity index (χ2n) is 4.79. The maximum Gasteiger partial charge on any atom is 0.314 e. The zero-order valence-corrected chi connectivity index (χ0v) is 10.8. The molecule has 0 spiro atoms. The molecule has 96 valence electrons. The minimum absolute atomic E-state index is 0.103. The van der Waals surface area contributed by atoms with Gasteiger partial charge in [-0.2, -0.15) is 0 Å². The largest absolute Gasteiger partial charge is 0.396 e. The Balaban J connectivity index is 3.37. The summed E-state index contributed by atoms with van der Waals surface area (Å²) in [6.45, 7) is 7.90. The SMILES string of the molecule is CC(C)CCCNC(=O)NCC(C)CCO. The van der Waals surface area contributed by atoms with Crippen LogP contribution >= 0.6 is 0 Å². The van der Waals surface area contributed by atoms with E-state index in [-0.39, 0.29) is 12.6 Å². The molecule has 4 nitrogen and oxygen atoms in total. The monoisotopic (exact) mass is 230 g/mol. The number of aliphatic hydroxyl groups excluding tert-OH is 1. The van der Waals surface area contributed by atoms with Gasteiger partial charge in [-0.05, 0) is 31.1 Å². The van der Waals surface area contributed by atoms with Crippen LogP contribution in [0.4, 0.5) is 4.79 Å². The summed E-state index contributed by atoms with van der Waals surface area (Å²) in [4.78, 5) is 11.3. The van der Waals surface area contributed by atoms with Gasteiger partial charge in [0.15, 0.2) is 0 Å². The number of carbonyl (C=O) groups is 1. The minimum atomic E-state index is -0.103. The number of nitrogens with one attached hydrogen (secondary N) is 2. The lowest BCUT2D eigenvalue weighted by molar-refractivity contribution is 0.233. The third-order valence-electron chi connectivity index (χ3n) is 2.48. The second kappa shape index (κ2) is 9.46. The quantitative estimate of drug-likeness (QED) is 0.556. The lowest BCUT2D eigenvalue weighted by atomic mass is 10.1. The van der Waals surface area contributed by atoms with Crippen LogP contribution in [0.3, 0.4) is 0 Å². The average molecular weight is 230 g/mol. The van der Waals surface area contributed by atoms with Gasteiger partial charge < -0.3 is 15.7 Å². The average Bonchev–Trinajstić information content (AvgIpc) is 2.22. The van der Waals surface area contributed by atoms with Gasteiger partial charge >= 0.3 is 6.03 Å². The zero-order chi connectivity index (χ0) is 12.4. The van der Waals surface area contributed by atoms with Gasteiger partial charge in [0.1, 0.15) is 0 Å². The van der Waals surface area contributed by atoms with Crippen molar-refractivity contribution in [1.82, 2.24) is 10.6 Å². The number of carbonyl (C=O) groups excluding carboxylic acids is 1. The highest BCUT2D eigenvalue weighted by Gasteiger charge is 2.04. The normalized spacial score (nSPS) is 12.6. The molecule has 0 saturated carbocycles. The molecule has 0 bridgehead atoms. The molecule has 1 atom stereocenters. The maximum absolute atomic E-state index is 11.3. The molecule has 0 aromatic rings. The van der Waals surface area contributed by atoms with Crippen molar-refractivity contribution >= 4 is 6.03 Å². The molecule has 0 heterocycles. The summed E-state index contributed by atoms with van der Waals surface area (Å²) in [7, 11) is 0. The van der Waals surface area contributed by atoms with Crippen LogP contribution in [-0.2, 0) is 0 Å². The van der Waals surface area contributed by atoms with Crippen LogP contribution in [0.5, 0.6) is 0 Å². The first-order valence-corrected chi connectivity index (χ1v) is 6.18. The van der Waals surface area contributed by atoms with Crippen LogP contribution in [0, 0.1) is 11.8 Å². The second-order valence-corrected chi connectivity index (χ2v) is 4.79. The van der Waals surface area contributed by atoms with E-state index in [1.54, 1.807) is 0 Å². The molecule has 2 amide bonds. The molecule has 0 aliphatic rings. The number of hydrogen-bond donors (Lipinski definition) is 3. The summed E-state index contributed by atoms with van der Waals surface area (Å²) in [5.41, 5.74) is 0. The van der Waals surface area contributed by atoms with E-state index in [1.165, 1.54) is 0 Å². The Hall–Kier alpha value is -0.770. The van der Waals surface area contributed by atoms with Gasteiger partial charge in [-0.25, -0.2) is 4.79 Å². The van der Waals surface area contributed by atoms with E-state index in [9.17, 15) is 4.79 Å². The Morgan fingerprint density at radius 2 is 1.88 bits per heavy atom. The summed E-state index contributed by atoms with van der Waals surface area (Å²) < 4.78 is 0. The standard InChI is InChI=1S/C12H26N2O2/c1-10(2)5-4-7-13-12(16)14-9-11(3)6-8-15/h10-11,15H,4-9H2,1-3H3,(H2,13,14,16). The van der Waals surface area contributed by atoms with Gasteiger partial charge in [0.05, 0.1) is 0 Å². The molecule has 0 aliphatic carbocycles. The van der Waals surface area contributed by atoms with E-state index in [0.29, 0.717) is 18.4 Å². The molecule has 16 heavy (non-hydrogen) atoms. The molecule has 0 aromatic carbocycles. The zero-order valence-electron chi connectivity index (χ0n) is 10.8. The third-order valence-corrected chi connectivity index (χ3v) is 2.48. The first kappa shape index (κ1) is 15.2. The fourth-order valence-electron chi connectivity index (χ4n) is 1.36. The number of aliphatic hydroxyl groups is 1. The molecule has 0 rings (SSSR count). The Morgan fingerprint density at radius 3 is 2.44 bits per heavy atom. The number of amides is 2. The molecule has 4 heteroatoms. The highest BCUT2D eigenvalue weighted by Crippen LogP contribution is 2.01. The molecule has 0 fully saturated rings. The van der Waals surface area contributed by atoms with Gasteiger partial charge in [0.25, 0.3) is 0 Å². The van der Waals surface area contributed by atoms with Gasteiger partial charge in [0.2, 0.25) is 0 Å². The third kappa shape index (κ3) is 9.77. The minimum Gasteiger partial charge on any atom is -0.396 e. The Kier molecular flexibility index (Phi) is 9.00. The molecular weight excluding hydrogens is 204 g/mol. The van der Waals surface area contributed by atoms with Gasteiger partial charge in [-0.15, -0.1) is 0 Å². The summed E-state index contributed by atoms with van der Waals surface area (Å²) >= 11 is 0. The lowest BCUT2D eigenvalue weighted by Crippen LogP contribution is -2.38. The van der Waals surface area contributed by atoms with Crippen LogP contribution in [0.2, 0.25) is 0 Å². The first-order chi connectivity index (χ1) is 7.56. The van der Waals surface area contributed by atoms with E-state index in [4.69, 9.17) is 5.11 Å². The van der Waals surface area contributed by atoms with Crippen LogP contribution < -0.4 is 10.6 Å². The first-order valence-electron chi connectivity index (χ1n) is 6.18. The van der Waals surface area contributed by atoms with Gasteiger partial charge in [-0.1, -0.05) is 20.8 Å². The fraction of sp³-hybridized carbons (Fsp3) is 0.917. The van der Waals surface area contributed by atoms with Crippen molar-refractivity contribution in [3.63, 3.8) is 0 Å². The van der Waals surface area contributed by atoms with Crippen molar-refractivity contribution in [1.29, 1.82) is 0 Å². The van der Waals surface area contributed by atoms with E-state index in [0.717, 1.165) is 25.8 Å². The highest BCUT2D eigenvalue weighted by molar-refractivity contribution is 5.73. The van der Waals surface area contributed by atoms with E-state index >= 15 is 0 Å². The van der Waals surface area contributed by atoms with Crippen LogP contribution in [0.25, 0.3) is 0 Å². The van der Waals surface area contributed by atoms with Gasteiger partial charge in [-0.3, -0.25) is 0 Å². The smallest absolute Gasteiger partial charge is 0.314 e. The predicted molar refractivity (Wildman–Crippen MR) is 66.3 cm³/mol. The van der Waals surface area contributed by atoms with Crippen molar-refractivity contribution in [3.05, 3.63) is 0 Å². The molecule has 1 unspecified atom stereocenters. The Morgan fingerprint density at radius 1 is 1.19 bits per heavy atom. The van der Waals surface area contributed by atoms with Crippen LogP contribution in [0.15, 0.2) is 0 Å². The van der Waals surface area contributed by atoms with E-state index in [2.05, 4.69) is 24.5 Å². The topological polar surface area (TPSA) is 61.4 Å². The van der Waals surface area contributed by atoms with Crippen molar-refractivity contribution in [3.8, 4) is 0 Å². The van der Waals surface area contributed by atoms with E-state index < -0.39 is 0 Å². The maximum atomic E-state index is 11.3. The summed E-state index contributed by atoms with van der Waals surface area (Å²) in [6, 6.07) is -0.103. The number of hydrogen-bond acceptors (Lipinski definition) is 2. The van der Waals surface area contributed by atoms with Crippen molar-refractivity contribution in [2.75, 3.05) is 19.7 Å². The van der Waals surface area contributed by atoms with Crippen LogP contribution in [0.1, 0.15) is 40.0 Å². The highest BCUT2D eigenvalue weighted by atomic mass is 16.3. The molecule has 3 N–H and O–H groups in total. The fourth-order valence-corrected chi connectivity index (χ4v) is 1.36. The Bertz CT molecular complexity index is 184. The van der Waals surface area contributed by atoms with E-state index in [1.807, 2.05) is 6.92 Å². The summed E-state index contributed by atoms with van der Waals surface area (Å²) in [5.74, 6) is 1.01. The van der Waals surface area contributed by atoms with Crippen molar-refractivity contribution in [2.45, 2.75) is 40.0 Å².